The Labute approximate surface area is 238 Å². The van der Waals surface area contributed by atoms with Crippen molar-refractivity contribution in [2.45, 2.75) is 44.1 Å². The molecule has 41 heavy (non-hydrogen) atoms. The highest BCUT2D eigenvalue weighted by Crippen LogP contribution is 2.12. The number of unbranched alkanes of at least 4 members (excludes halogenated alkanes) is 1. The lowest BCUT2D eigenvalue weighted by atomic mass is 10.1. The molecule has 0 spiro atoms. The van der Waals surface area contributed by atoms with Crippen molar-refractivity contribution in [2.75, 3.05) is 13.1 Å². The molecule has 0 saturated heterocycles. The predicted molar refractivity (Wildman–Crippen MR) is 151 cm³/mol. The Morgan fingerprint density at radius 1 is 0.805 bits per heavy atom. The van der Waals surface area contributed by atoms with Crippen molar-refractivity contribution in [1.29, 1.82) is 0 Å². The first-order chi connectivity index (χ1) is 19.5. The Kier molecular flexibility index (Phi) is 11.1. The Morgan fingerprint density at radius 2 is 1.49 bits per heavy atom. The number of hydrogen-bond donors (Lipinski definition) is 3. The molecule has 0 saturated carbocycles. The summed E-state index contributed by atoms with van der Waals surface area (Å²) in [5.41, 5.74) is 1.34. The van der Waals surface area contributed by atoms with Gasteiger partial charge in [0.05, 0.1) is 16.6 Å². The van der Waals surface area contributed by atoms with Crippen LogP contribution in [0.5, 0.6) is 0 Å². The monoisotopic (exact) mass is 580 g/mol. The molecular weight excluding hydrogens is 548 g/mol. The van der Waals surface area contributed by atoms with Gasteiger partial charge in [-0.25, -0.2) is 13.1 Å². The Balaban J connectivity index is 1.48. The molecule has 0 aliphatic carbocycles. The summed E-state index contributed by atoms with van der Waals surface area (Å²) in [6, 6.07) is 17.7. The normalized spacial score (nSPS) is 11.0. The highest BCUT2D eigenvalue weighted by atomic mass is 32.2. The van der Waals surface area contributed by atoms with Crippen molar-refractivity contribution in [1.82, 2.24) is 20.3 Å². The van der Waals surface area contributed by atoms with Crippen molar-refractivity contribution >= 4 is 33.7 Å². The topological polar surface area (TPSA) is 161 Å². The Morgan fingerprint density at radius 3 is 2.12 bits per heavy atom. The van der Waals surface area contributed by atoms with Gasteiger partial charge in [0, 0.05) is 18.3 Å². The van der Waals surface area contributed by atoms with Gasteiger partial charge in [-0.2, -0.15) is 0 Å². The molecule has 0 bridgehead atoms. The fourth-order valence-electron chi connectivity index (χ4n) is 3.64. The van der Waals surface area contributed by atoms with E-state index in [0.29, 0.717) is 6.54 Å². The summed E-state index contributed by atoms with van der Waals surface area (Å²) in [4.78, 5) is 52.3. The number of benzene rings is 2. The van der Waals surface area contributed by atoms with Crippen molar-refractivity contribution in [3.63, 3.8) is 0 Å². The van der Waals surface area contributed by atoms with E-state index in [2.05, 4.69) is 27.8 Å². The quantitative estimate of drug-likeness (QED) is 0.205. The largest absolute Gasteiger partial charge is 0.462 e. The second-order valence-electron chi connectivity index (χ2n) is 9.31. The van der Waals surface area contributed by atoms with Crippen LogP contribution in [-0.2, 0) is 26.0 Å². The third-order valence-corrected chi connectivity index (χ3v) is 7.04. The van der Waals surface area contributed by atoms with Gasteiger partial charge in [-0.05, 0) is 75.1 Å². The van der Waals surface area contributed by atoms with E-state index in [9.17, 15) is 27.6 Å². The smallest absolute Gasteiger partial charge is 0.325 e. The maximum atomic E-state index is 12.7. The number of nitrogens with zero attached hydrogens (tertiary/aromatic N) is 1. The van der Waals surface area contributed by atoms with Gasteiger partial charge < -0.3 is 15.4 Å². The molecule has 0 fully saturated rings. The maximum Gasteiger partial charge on any atom is 0.325 e. The Hall–Kier alpha value is -4.58. The van der Waals surface area contributed by atoms with Crippen LogP contribution < -0.4 is 15.4 Å². The zero-order valence-electron chi connectivity index (χ0n) is 22.8. The number of rotatable bonds is 13. The van der Waals surface area contributed by atoms with Gasteiger partial charge in [-0.15, -0.1) is 0 Å². The fourth-order valence-corrected chi connectivity index (χ4v) is 4.61. The summed E-state index contributed by atoms with van der Waals surface area (Å²) in [5.74, 6) is -2.56. The van der Waals surface area contributed by atoms with Gasteiger partial charge in [0.25, 0.3) is 27.7 Å². The van der Waals surface area contributed by atoms with Gasteiger partial charge in [0.1, 0.15) is 12.2 Å². The molecule has 0 atom stereocenters. The zero-order chi connectivity index (χ0) is 29.8. The second kappa shape index (κ2) is 14.7. The second-order valence-corrected chi connectivity index (χ2v) is 11.0. The number of aromatic nitrogens is 1. The van der Waals surface area contributed by atoms with E-state index >= 15 is 0 Å². The fraction of sp³-hybridized carbons (Fsp3) is 0.276. The number of pyridine rings is 1. The van der Waals surface area contributed by atoms with Crippen LogP contribution in [0, 0.1) is 0 Å². The number of carbonyl (C=O) groups is 4. The van der Waals surface area contributed by atoms with Crippen LogP contribution in [0.4, 0.5) is 0 Å². The summed E-state index contributed by atoms with van der Waals surface area (Å²) in [6.45, 7) is 3.49. The van der Waals surface area contributed by atoms with Crippen LogP contribution in [0.15, 0.2) is 77.8 Å². The van der Waals surface area contributed by atoms with Crippen molar-refractivity contribution < 1.29 is 32.3 Å². The lowest BCUT2D eigenvalue weighted by Gasteiger charge is -2.10. The molecule has 0 aliphatic rings. The van der Waals surface area contributed by atoms with Crippen LogP contribution in [0.25, 0.3) is 0 Å². The molecular formula is C29H32N4O7S. The molecule has 0 unspecified atom stereocenters. The maximum absolute atomic E-state index is 12.7. The molecule has 3 aromatic rings. The van der Waals surface area contributed by atoms with Crippen LogP contribution in [0.1, 0.15) is 63.5 Å². The van der Waals surface area contributed by atoms with E-state index in [0.717, 1.165) is 25.5 Å². The first kappa shape index (κ1) is 31.0. The van der Waals surface area contributed by atoms with E-state index in [4.69, 9.17) is 4.74 Å². The molecule has 12 heteroatoms. The van der Waals surface area contributed by atoms with Crippen LogP contribution >= 0.6 is 0 Å². The SMILES string of the molecule is CC(C)OC(=O)CNC(=O)c1ccc(C(=O)NS(=O)(=O)c2ccc(C(=O)NCCCCc3ccccc3)cc2)cn1. The van der Waals surface area contributed by atoms with Gasteiger partial charge in [0.15, 0.2) is 0 Å². The predicted octanol–water partition coefficient (Wildman–Crippen LogP) is 2.63. The van der Waals surface area contributed by atoms with E-state index < -0.39 is 27.8 Å². The minimum atomic E-state index is -4.25. The van der Waals surface area contributed by atoms with Gasteiger partial charge >= 0.3 is 5.97 Å². The van der Waals surface area contributed by atoms with Crippen molar-refractivity contribution in [2.24, 2.45) is 0 Å². The van der Waals surface area contributed by atoms with Gasteiger partial charge in [0.2, 0.25) is 0 Å². The number of aryl methyl sites for hydroxylation is 1. The number of hydrogen-bond acceptors (Lipinski definition) is 8. The number of amides is 3. The highest BCUT2D eigenvalue weighted by Gasteiger charge is 2.20. The summed E-state index contributed by atoms with van der Waals surface area (Å²) < 4.78 is 32.3. The number of carbonyl (C=O) groups excluding carboxylic acids is 4. The molecule has 0 radical (unpaired) electrons. The van der Waals surface area contributed by atoms with E-state index in [1.807, 2.05) is 22.9 Å². The number of nitrogens with one attached hydrogen (secondary N) is 3. The average molecular weight is 581 g/mol. The first-order valence-corrected chi connectivity index (χ1v) is 14.5. The van der Waals surface area contributed by atoms with Gasteiger partial charge in [-0.3, -0.25) is 24.2 Å². The molecule has 3 N–H and O–H groups in total. The Bertz CT molecular complexity index is 1460. The van der Waals surface area contributed by atoms with Gasteiger partial charge in [-0.1, -0.05) is 30.3 Å². The minimum absolute atomic E-state index is 0.0770. The minimum Gasteiger partial charge on any atom is -0.462 e. The first-order valence-electron chi connectivity index (χ1n) is 13.0. The lowest BCUT2D eigenvalue weighted by molar-refractivity contribution is -0.146. The van der Waals surface area contributed by atoms with E-state index in [1.165, 1.54) is 42.0 Å². The molecule has 2 aromatic carbocycles. The standard InChI is InChI=1S/C29H32N4O7S/c1-20(2)40-26(34)19-32-29(37)25-16-13-23(18-31-25)28(36)33-41(38,39)24-14-11-22(12-15-24)27(35)30-17-7-6-10-21-8-4-3-5-9-21/h3-5,8-9,11-16,18,20H,6-7,10,17,19H2,1-2H3,(H,30,35)(H,32,37)(H,33,36). The van der Waals surface area contributed by atoms with E-state index in [-0.39, 0.29) is 40.3 Å². The molecule has 3 rings (SSSR count). The van der Waals surface area contributed by atoms with Crippen LogP contribution in [0.2, 0.25) is 0 Å². The van der Waals surface area contributed by atoms with Crippen LogP contribution in [0.3, 0.4) is 0 Å². The average Bonchev–Trinajstić information content (AvgIpc) is 2.95. The number of ether oxygens (including phenoxy) is 1. The summed E-state index contributed by atoms with van der Waals surface area (Å²) in [7, 11) is -4.25. The van der Waals surface area contributed by atoms with Crippen molar-refractivity contribution in [3.05, 3.63) is 95.3 Å². The summed E-state index contributed by atoms with van der Waals surface area (Å²) >= 11 is 0. The highest BCUT2D eigenvalue weighted by molar-refractivity contribution is 7.90. The molecule has 1 heterocycles. The molecule has 216 valence electrons. The number of esters is 1. The summed E-state index contributed by atoms with van der Waals surface area (Å²) in [6.07, 6.45) is 3.35. The molecule has 1 aromatic heterocycles. The van der Waals surface area contributed by atoms with E-state index in [1.54, 1.807) is 13.8 Å². The molecule has 0 aliphatic heterocycles. The molecule has 11 nitrogen and oxygen atoms in total. The summed E-state index contributed by atoms with van der Waals surface area (Å²) in [5, 5.41) is 5.16. The van der Waals surface area contributed by atoms with Crippen molar-refractivity contribution in [3.8, 4) is 0 Å². The number of sulfonamides is 1. The van der Waals surface area contributed by atoms with Crippen LogP contribution in [-0.4, -0.2) is 56.3 Å². The third kappa shape index (κ3) is 9.84. The zero-order valence-corrected chi connectivity index (χ0v) is 23.6. The third-order valence-electron chi connectivity index (χ3n) is 5.69. The lowest BCUT2D eigenvalue weighted by Crippen LogP contribution is -2.32. The molecule has 3 amide bonds.